The molecule has 17 heavy (non-hydrogen) atoms. The summed E-state index contributed by atoms with van der Waals surface area (Å²) >= 11 is 6.91. The van der Waals surface area contributed by atoms with Gasteiger partial charge in [-0.2, -0.15) is 0 Å². The van der Waals surface area contributed by atoms with Crippen LogP contribution in [0.15, 0.2) is 21.2 Å². The highest BCUT2D eigenvalue weighted by Crippen LogP contribution is 2.29. The molecular formula is C12H16Br2N2O. The van der Waals surface area contributed by atoms with Gasteiger partial charge in [0.05, 0.1) is 11.1 Å². The van der Waals surface area contributed by atoms with Crippen LogP contribution in [-0.2, 0) is 4.74 Å². The lowest BCUT2D eigenvalue weighted by atomic mass is 10.4. The van der Waals surface area contributed by atoms with Crippen molar-refractivity contribution in [2.45, 2.75) is 12.8 Å². The summed E-state index contributed by atoms with van der Waals surface area (Å²) in [6.45, 7) is 2.54. The number of hydrogen-bond acceptors (Lipinski definition) is 3. The SMILES string of the molecule is CN(CCOCC1CC1)c1ncc(Br)cc1Br. The lowest BCUT2D eigenvalue weighted by Gasteiger charge is -2.19. The van der Waals surface area contributed by atoms with Crippen molar-refractivity contribution < 1.29 is 4.74 Å². The molecule has 0 spiro atoms. The van der Waals surface area contributed by atoms with Gasteiger partial charge in [0, 0.05) is 30.9 Å². The van der Waals surface area contributed by atoms with E-state index in [0.29, 0.717) is 0 Å². The summed E-state index contributed by atoms with van der Waals surface area (Å²) in [6.07, 6.45) is 4.49. The molecule has 0 aliphatic heterocycles. The molecule has 1 heterocycles. The van der Waals surface area contributed by atoms with Crippen LogP contribution in [0.2, 0.25) is 0 Å². The second-order valence-corrected chi connectivity index (χ2v) is 6.17. The maximum absolute atomic E-state index is 5.62. The molecule has 5 heteroatoms. The molecule has 0 saturated heterocycles. The third-order valence-corrected chi connectivity index (χ3v) is 3.79. The van der Waals surface area contributed by atoms with E-state index >= 15 is 0 Å². The van der Waals surface area contributed by atoms with Crippen LogP contribution < -0.4 is 4.90 Å². The van der Waals surface area contributed by atoms with Gasteiger partial charge in [-0.3, -0.25) is 0 Å². The van der Waals surface area contributed by atoms with Crippen molar-refractivity contribution in [1.82, 2.24) is 4.98 Å². The van der Waals surface area contributed by atoms with E-state index in [1.165, 1.54) is 12.8 Å². The van der Waals surface area contributed by atoms with E-state index in [4.69, 9.17) is 4.74 Å². The lowest BCUT2D eigenvalue weighted by Crippen LogP contribution is -2.24. The van der Waals surface area contributed by atoms with Crippen molar-refractivity contribution in [3.8, 4) is 0 Å². The largest absolute Gasteiger partial charge is 0.379 e. The van der Waals surface area contributed by atoms with Gasteiger partial charge in [0.2, 0.25) is 0 Å². The summed E-state index contributed by atoms with van der Waals surface area (Å²) in [5.74, 6) is 1.78. The van der Waals surface area contributed by atoms with Crippen LogP contribution >= 0.6 is 31.9 Å². The summed E-state index contributed by atoms with van der Waals surface area (Å²) in [5, 5.41) is 0. The Morgan fingerprint density at radius 2 is 2.24 bits per heavy atom. The Balaban J connectivity index is 1.78. The molecule has 1 aromatic heterocycles. The summed E-state index contributed by atoms with van der Waals surface area (Å²) < 4.78 is 7.59. The summed E-state index contributed by atoms with van der Waals surface area (Å²) in [4.78, 5) is 6.48. The molecule has 94 valence electrons. The van der Waals surface area contributed by atoms with Crippen molar-refractivity contribution in [2.24, 2.45) is 5.92 Å². The van der Waals surface area contributed by atoms with E-state index in [9.17, 15) is 0 Å². The second kappa shape index (κ2) is 6.16. The van der Waals surface area contributed by atoms with Crippen molar-refractivity contribution in [2.75, 3.05) is 31.7 Å². The number of ether oxygens (including phenoxy) is 1. The Bertz CT molecular complexity index is 383. The van der Waals surface area contributed by atoms with Crippen LogP contribution in [0.1, 0.15) is 12.8 Å². The molecule has 1 aliphatic rings. The molecule has 0 aromatic carbocycles. The molecule has 0 unspecified atom stereocenters. The van der Waals surface area contributed by atoms with Crippen LogP contribution in [0.4, 0.5) is 5.82 Å². The van der Waals surface area contributed by atoms with Crippen LogP contribution in [0.3, 0.4) is 0 Å². The van der Waals surface area contributed by atoms with Gasteiger partial charge in [0.25, 0.3) is 0 Å². The Kier molecular flexibility index (Phi) is 4.82. The standard InChI is InChI=1S/C12H16Br2N2O/c1-16(4-5-17-8-9-2-3-9)12-11(14)6-10(13)7-15-12/h6-7,9H,2-5,8H2,1H3. The smallest absolute Gasteiger partial charge is 0.142 e. The number of aromatic nitrogens is 1. The maximum Gasteiger partial charge on any atom is 0.142 e. The normalized spacial score (nSPS) is 15.0. The summed E-state index contributed by atoms with van der Waals surface area (Å²) in [5.41, 5.74) is 0. The number of anilines is 1. The minimum atomic E-state index is 0.761. The maximum atomic E-state index is 5.62. The zero-order chi connectivity index (χ0) is 12.3. The molecule has 0 atom stereocenters. The summed E-state index contributed by atoms with van der Waals surface area (Å²) in [7, 11) is 2.03. The molecule has 1 fully saturated rings. The first-order valence-electron chi connectivity index (χ1n) is 5.76. The number of pyridine rings is 1. The molecule has 3 nitrogen and oxygen atoms in total. The first kappa shape index (κ1) is 13.3. The average Bonchev–Trinajstić information content (AvgIpc) is 3.08. The van der Waals surface area contributed by atoms with Gasteiger partial charge in [-0.1, -0.05) is 0 Å². The van der Waals surface area contributed by atoms with Gasteiger partial charge in [-0.25, -0.2) is 4.98 Å². The molecule has 0 bridgehead atoms. The number of nitrogens with zero attached hydrogens (tertiary/aromatic N) is 2. The fraction of sp³-hybridized carbons (Fsp3) is 0.583. The Labute approximate surface area is 119 Å². The highest BCUT2D eigenvalue weighted by atomic mass is 79.9. The number of halogens is 2. The number of hydrogen-bond donors (Lipinski definition) is 0. The molecule has 1 aliphatic carbocycles. The average molecular weight is 364 g/mol. The van der Waals surface area contributed by atoms with Gasteiger partial charge in [-0.05, 0) is 56.7 Å². The van der Waals surface area contributed by atoms with Crippen molar-refractivity contribution in [3.05, 3.63) is 21.2 Å². The third kappa shape index (κ3) is 4.23. The van der Waals surface area contributed by atoms with E-state index in [2.05, 4.69) is 41.7 Å². The Morgan fingerprint density at radius 1 is 1.47 bits per heavy atom. The van der Waals surface area contributed by atoms with Gasteiger partial charge in [0.1, 0.15) is 5.82 Å². The van der Waals surface area contributed by atoms with Gasteiger partial charge >= 0.3 is 0 Å². The minimum absolute atomic E-state index is 0.761. The minimum Gasteiger partial charge on any atom is -0.379 e. The van der Waals surface area contributed by atoms with Crippen LogP contribution in [-0.4, -0.2) is 31.8 Å². The highest BCUT2D eigenvalue weighted by molar-refractivity contribution is 9.11. The molecule has 0 N–H and O–H groups in total. The van der Waals surface area contributed by atoms with Gasteiger partial charge in [0.15, 0.2) is 0 Å². The number of rotatable bonds is 6. The van der Waals surface area contributed by atoms with Crippen LogP contribution in [0.5, 0.6) is 0 Å². The van der Waals surface area contributed by atoms with E-state index < -0.39 is 0 Å². The fourth-order valence-corrected chi connectivity index (χ4v) is 2.82. The van der Waals surface area contributed by atoms with E-state index in [1.54, 1.807) is 0 Å². The van der Waals surface area contributed by atoms with Gasteiger partial charge in [-0.15, -0.1) is 0 Å². The van der Waals surface area contributed by atoms with Crippen molar-refractivity contribution in [3.63, 3.8) is 0 Å². The highest BCUT2D eigenvalue weighted by Gasteiger charge is 2.21. The van der Waals surface area contributed by atoms with Crippen molar-refractivity contribution in [1.29, 1.82) is 0 Å². The zero-order valence-corrected chi connectivity index (χ0v) is 13.0. The fourth-order valence-electron chi connectivity index (χ4n) is 1.53. The van der Waals surface area contributed by atoms with Crippen molar-refractivity contribution >= 4 is 37.7 Å². The van der Waals surface area contributed by atoms with E-state index in [1.807, 2.05) is 19.3 Å². The lowest BCUT2D eigenvalue weighted by molar-refractivity contribution is 0.130. The third-order valence-electron chi connectivity index (χ3n) is 2.77. The van der Waals surface area contributed by atoms with E-state index in [-0.39, 0.29) is 0 Å². The molecule has 1 aromatic rings. The predicted molar refractivity (Wildman–Crippen MR) is 76.5 cm³/mol. The van der Waals surface area contributed by atoms with Crippen LogP contribution in [0, 0.1) is 5.92 Å². The molecule has 1 saturated carbocycles. The molecular weight excluding hydrogens is 348 g/mol. The quantitative estimate of drug-likeness (QED) is 0.723. The topological polar surface area (TPSA) is 25.4 Å². The summed E-state index contributed by atoms with van der Waals surface area (Å²) in [6, 6.07) is 2.00. The van der Waals surface area contributed by atoms with E-state index in [0.717, 1.165) is 40.4 Å². The zero-order valence-electron chi connectivity index (χ0n) is 9.83. The molecule has 0 amide bonds. The monoisotopic (exact) mass is 362 g/mol. The second-order valence-electron chi connectivity index (χ2n) is 4.40. The first-order chi connectivity index (χ1) is 8.16. The Hall–Kier alpha value is -0.130. The predicted octanol–water partition coefficient (Wildman–Crippen LogP) is 3.47. The number of likely N-dealkylation sites (N-methyl/N-ethyl adjacent to an activating group) is 1. The molecule has 0 radical (unpaired) electrons. The van der Waals surface area contributed by atoms with Crippen LogP contribution in [0.25, 0.3) is 0 Å². The Morgan fingerprint density at radius 3 is 2.88 bits per heavy atom. The van der Waals surface area contributed by atoms with Gasteiger partial charge < -0.3 is 9.64 Å². The molecule has 2 rings (SSSR count). The first-order valence-corrected chi connectivity index (χ1v) is 7.35.